The van der Waals surface area contributed by atoms with Crippen LogP contribution < -0.4 is 20.0 Å². The van der Waals surface area contributed by atoms with E-state index in [2.05, 4.69) is 27.6 Å². The topological polar surface area (TPSA) is 142 Å². The molecule has 280 valence electrons. The smallest absolute Gasteiger partial charge is 0.341 e. The summed E-state index contributed by atoms with van der Waals surface area (Å²) in [6.07, 6.45) is 4.22. The van der Waals surface area contributed by atoms with Crippen molar-refractivity contribution in [1.29, 1.82) is 0 Å². The summed E-state index contributed by atoms with van der Waals surface area (Å²) in [5.74, 6) is -3.32. The molecule has 0 radical (unpaired) electrons. The second-order valence-corrected chi connectivity index (χ2v) is 15.8. The zero-order valence-corrected chi connectivity index (χ0v) is 30.9. The predicted octanol–water partition coefficient (Wildman–Crippen LogP) is 3.60. The Morgan fingerprint density at radius 2 is 1.75 bits per heavy atom. The molecule has 15 heteroatoms. The molecule has 1 N–H and O–H groups in total. The fourth-order valence-corrected chi connectivity index (χ4v) is 10.2. The predicted molar refractivity (Wildman–Crippen MR) is 193 cm³/mol. The lowest BCUT2D eigenvalue weighted by atomic mass is 9.95. The number of nitrogens with zero attached hydrogens (tertiary/aromatic N) is 4. The summed E-state index contributed by atoms with van der Waals surface area (Å²) in [5, 5.41) is 0.804. The van der Waals surface area contributed by atoms with Gasteiger partial charge in [0.25, 0.3) is 11.8 Å². The summed E-state index contributed by atoms with van der Waals surface area (Å²) in [4.78, 5) is 46.5. The third kappa shape index (κ3) is 6.45. The van der Waals surface area contributed by atoms with E-state index < -0.39 is 39.2 Å². The van der Waals surface area contributed by atoms with Crippen molar-refractivity contribution in [1.82, 2.24) is 18.8 Å². The van der Waals surface area contributed by atoms with E-state index in [4.69, 9.17) is 13.9 Å². The minimum Gasteiger partial charge on any atom is -0.490 e. The maximum absolute atomic E-state index is 16.1. The van der Waals surface area contributed by atoms with Gasteiger partial charge in [-0.3, -0.25) is 14.5 Å². The first-order valence-electron chi connectivity index (χ1n) is 18.1. The number of methoxy groups -OCH3 is 1. The van der Waals surface area contributed by atoms with Crippen molar-refractivity contribution in [2.45, 2.75) is 77.0 Å². The van der Waals surface area contributed by atoms with Crippen LogP contribution in [0.4, 0.5) is 10.1 Å². The van der Waals surface area contributed by atoms with Gasteiger partial charge < -0.3 is 23.7 Å². The monoisotopic (exact) mass is 739 g/mol. The summed E-state index contributed by atoms with van der Waals surface area (Å²) < 4.78 is 63.0. The van der Waals surface area contributed by atoms with Crippen LogP contribution in [0.15, 0.2) is 33.5 Å². The summed E-state index contributed by atoms with van der Waals surface area (Å²) >= 11 is 0. The average molecular weight is 740 g/mol. The Labute approximate surface area is 302 Å². The van der Waals surface area contributed by atoms with Gasteiger partial charge in [-0.2, -0.15) is 12.7 Å². The van der Waals surface area contributed by atoms with Gasteiger partial charge in [-0.05, 0) is 82.8 Å². The highest BCUT2D eigenvalue weighted by Crippen LogP contribution is 2.38. The van der Waals surface area contributed by atoms with Gasteiger partial charge in [-0.15, -0.1) is 0 Å². The number of benzene rings is 2. The quantitative estimate of drug-likeness (QED) is 0.324. The Kier molecular flexibility index (Phi) is 10.1. The molecule has 0 spiro atoms. The molecule has 1 aromatic heterocycles. The molecule has 3 atom stereocenters. The normalized spacial score (nSPS) is 22.4. The number of rotatable bonds is 9. The van der Waals surface area contributed by atoms with Gasteiger partial charge in [-0.25, -0.2) is 13.9 Å². The first-order valence-corrected chi connectivity index (χ1v) is 19.5. The first-order chi connectivity index (χ1) is 24.9. The number of carbonyl (C=O) groups is 2. The van der Waals surface area contributed by atoms with E-state index in [0.29, 0.717) is 24.2 Å². The highest BCUT2D eigenvalue weighted by Gasteiger charge is 2.44. The third-order valence-electron chi connectivity index (χ3n) is 11.2. The van der Waals surface area contributed by atoms with Crippen LogP contribution in [0.25, 0.3) is 11.0 Å². The van der Waals surface area contributed by atoms with Crippen molar-refractivity contribution in [2.75, 3.05) is 58.5 Å². The number of ether oxygens (including phenoxy) is 2. The number of aryl methyl sites for hydroxylation is 1. The number of likely N-dealkylation sites (N-methyl/N-ethyl adjacent to an activating group) is 1. The van der Waals surface area contributed by atoms with Crippen molar-refractivity contribution in [3.63, 3.8) is 0 Å². The largest absolute Gasteiger partial charge is 0.490 e. The van der Waals surface area contributed by atoms with Crippen LogP contribution in [0.3, 0.4) is 0 Å². The molecule has 2 bridgehead atoms. The number of amides is 2. The molecule has 2 amide bonds. The van der Waals surface area contributed by atoms with Crippen molar-refractivity contribution >= 4 is 38.7 Å². The summed E-state index contributed by atoms with van der Waals surface area (Å²) in [6.45, 7) is 6.70. The van der Waals surface area contributed by atoms with Crippen molar-refractivity contribution in [2.24, 2.45) is 0 Å². The van der Waals surface area contributed by atoms with E-state index in [9.17, 15) is 22.8 Å². The van der Waals surface area contributed by atoms with Gasteiger partial charge in [0.05, 0.1) is 42.5 Å². The molecular weight excluding hydrogens is 693 g/mol. The Morgan fingerprint density at radius 3 is 2.46 bits per heavy atom. The van der Waals surface area contributed by atoms with Crippen LogP contribution >= 0.6 is 0 Å². The molecule has 52 heavy (non-hydrogen) atoms. The number of fused-ring (bicyclic) bond motifs is 5. The molecule has 2 unspecified atom stereocenters. The van der Waals surface area contributed by atoms with E-state index in [1.165, 1.54) is 15.3 Å². The average Bonchev–Trinajstić information content (AvgIpc) is 3.40. The molecule has 0 saturated carbocycles. The minimum atomic E-state index is -4.19. The maximum atomic E-state index is 16.1. The molecular formula is C37H46FN5O8S. The first kappa shape index (κ1) is 36.3. The van der Waals surface area contributed by atoms with Crippen molar-refractivity contribution < 1.29 is 36.3 Å². The van der Waals surface area contributed by atoms with E-state index >= 15 is 4.39 Å². The molecule has 3 saturated heterocycles. The van der Waals surface area contributed by atoms with E-state index in [1.54, 1.807) is 14.0 Å². The lowest BCUT2D eigenvalue weighted by Crippen LogP contribution is -2.53. The number of nitrogens with one attached hydrogen (secondary N) is 1. The van der Waals surface area contributed by atoms with Crippen LogP contribution in [-0.2, 0) is 27.9 Å². The SMILES string of the molecule is CCOc1c(C(=O)NS(=O)(=O)N2C3CCCC2CC3)ccc(C(=O)N2CCc3c(c(=O)oc4c(C)c(N5CCN(C)[C@@H](COC)C5)ccc34)C2)c1F. The number of anilines is 1. The fourth-order valence-electron chi connectivity index (χ4n) is 8.55. The zero-order chi connectivity index (χ0) is 36.9. The van der Waals surface area contributed by atoms with Crippen LogP contribution in [0, 0.1) is 12.7 Å². The van der Waals surface area contributed by atoms with Gasteiger partial charge in [0.15, 0.2) is 11.6 Å². The zero-order valence-electron chi connectivity index (χ0n) is 30.1. The lowest BCUT2D eigenvalue weighted by Gasteiger charge is -2.41. The molecule has 4 aliphatic rings. The molecule has 0 aliphatic carbocycles. The molecule has 3 aromatic rings. The summed E-state index contributed by atoms with van der Waals surface area (Å²) in [5.41, 5.74) is 2.25. The van der Waals surface area contributed by atoms with E-state index in [1.807, 2.05) is 13.0 Å². The summed E-state index contributed by atoms with van der Waals surface area (Å²) in [6, 6.07) is 6.27. The van der Waals surface area contributed by atoms with E-state index in [0.717, 1.165) is 80.0 Å². The Morgan fingerprint density at radius 1 is 1.02 bits per heavy atom. The number of piperazine rings is 1. The number of piperidine rings is 1. The van der Waals surface area contributed by atoms with Crippen LogP contribution in [-0.4, -0.2) is 106 Å². The number of hydrogen-bond donors (Lipinski definition) is 1. The lowest BCUT2D eigenvalue weighted by molar-refractivity contribution is 0.0726. The number of carbonyl (C=O) groups excluding carboxylic acids is 2. The van der Waals surface area contributed by atoms with Gasteiger partial charge in [0.1, 0.15) is 5.58 Å². The van der Waals surface area contributed by atoms with Gasteiger partial charge in [0, 0.05) is 62.0 Å². The Bertz CT molecular complexity index is 2060. The number of hydrogen-bond acceptors (Lipinski definition) is 10. The molecule has 13 nitrogen and oxygen atoms in total. The van der Waals surface area contributed by atoms with Gasteiger partial charge >= 0.3 is 15.8 Å². The molecule has 7 rings (SSSR count). The van der Waals surface area contributed by atoms with E-state index in [-0.39, 0.29) is 48.9 Å². The van der Waals surface area contributed by atoms with Gasteiger partial charge in [-0.1, -0.05) is 6.42 Å². The molecule has 2 aromatic carbocycles. The molecule has 3 fully saturated rings. The van der Waals surface area contributed by atoms with Gasteiger partial charge in [0.2, 0.25) is 0 Å². The maximum Gasteiger partial charge on any atom is 0.341 e. The minimum absolute atomic E-state index is 0.0350. The molecule has 4 aliphatic heterocycles. The highest BCUT2D eigenvalue weighted by molar-refractivity contribution is 7.87. The molecule has 5 heterocycles. The highest BCUT2D eigenvalue weighted by atomic mass is 32.2. The van der Waals surface area contributed by atoms with Crippen molar-refractivity contribution in [3.05, 3.63) is 68.3 Å². The summed E-state index contributed by atoms with van der Waals surface area (Å²) in [7, 11) is -0.405. The van der Waals surface area contributed by atoms with Crippen LogP contribution in [0.2, 0.25) is 0 Å². The van der Waals surface area contributed by atoms with Crippen LogP contribution in [0.1, 0.15) is 76.4 Å². The Hall–Kier alpha value is -4.05. The Balaban J connectivity index is 1.12. The van der Waals surface area contributed by atoms with Crippen molar-refractivity contribution in [3.8, 4) is 5.75 Å². The number of halogens is 1. The second-order valence-electron chi connectivity index (χ2n) is 14.3. The second kappa shape index (κ2) is 14.4. The fraction of sp³-hybridized carbons (Fsp3) is 0.541. The third-order valence-corrected chi connectivity index (χ3v) is 12.8. The van der Waals surface area contributed by atoms with Crippen LogP contribution in [0.5, 0.6) is 5.75 Å². The standard InChI is InChI=1S/C37H46FN5O8S/c1-5-50-34-29(35(44)39-52(47,48)43-23-7-6-8-24(43)10-9-23)12-11-28(32(34)38)36(45)42-16-15-26-27-13-14-31(22(2)33(27)51-37(46)30(26)20-42)41-18-17-40(3)25(19-41)21-49-4/h11-14,23-25H,5-10,15-21H2,1-4H3,(H,39,44)/t23?,24?,25-/m1/s1.